The van der Waals surface area contributed by atoms with Crippen LogP contribution in [0.15, 0.2) is 12.1 Å². The van der Waals surface area contributed by atoms with Gasteiger partial charge in [-0.3, -0.25) is 4.84 Å². The number of hydrogen-bond acceptors (Lipinski definition) is 2. The van der Waals surface area contributed by atoms with Crippen molar-refractivity contribution in [3.63, 3.8) is 0 Å². The van der Waals surface area contributed by atoms with E-state index in [0.717, 1.165) is 0 Å². The fourth-order valence-electron chi connectivity index (χ4n) is 0.877. The molecule has 0 aliphatic rings. The lowest BCUT2D eigenvalue weighted by Crippen LogP contribution is -2.01. The molecule has 0 aliphatic carbocycles. The Bertz CT molecular complexity index is 265. The maximum absolute atomic E-state index is 12.8. The van der Waals surface area contributed by atoms with E-state index in [1.165, 1.54) is 19.1 Å². The van der Waals surface area contributed by atoms with Crippen LogP contribution in [0, 0.1) is 18.6 Å². The van der Waals surface area contributed by atoms with Gasteiger partial charge in [0.2, 0.25) is 0 Å². The van der Waals surface area contributed by atoms with E-state index in [0.29, 0.717) is 5.56 Å². The van der Waals surface area contributed by atoms with E-state index >= 15 is 0 Å². The summed E-state index contributed by atoms with van der Waals surface area (Å²) in [6.45, 7) is 1.38. The molecule has 0 radical (unpaired) electrons. The molecule has 1 aromatic carbocycles. The van der Waals surface area contributed by atoms with Crippen LogP contribution in [-0.4, -0.2) is 0 Å². The zero-order valence-electron chi connectivity index (χ0n) is 6.60. The molecule has 0 atom stereocenters. The van der Waals surface area contributed by atoms with Crippen LogP contribution in [0.1, 0.15) is 11.1 Å². The van der Waals surface area contributed by atoms with Crippen LogP contribution in [0.3, 0.4) is 0 Å². The topological polar surface area (TPSA) is 35.2 Å². The highest BCUT2D eigenvalue weighted by Crippen LogP contribution is 2.14. The van der Waals surface area contributed by atoms with Gasteiger partial charge in [-0.2, -0.15) is 0 Å². The first kappa shape index (κ1) is 9.09. The Balaban J connectivity index is 3.04. The van der Waals surface area contributed by atoms with E-state index in [-0.39, 0.29) is 12.2 Å². The predicted molar refractivity (Wildman–Crippen MR) is 40.1 cm³/mol. The van der Waals surface area contributed by atoms with Gasteiger partial charge in [0.25, 0.3) is 0 Å². The third-order valence-electron chi connectivity index (χ3n) is 1.59. The van der Waals surface area contributed by atoms with Crippen molar-refractivity contribution in [3.8, 4) is 0 Å². The van der Waals surface area contributed by atoms with E-state index in [4.69, 9.17) is 5.90 Å². The molecule has 0 fully saturated rings. The van der Waals surface area contributed by atoms with Crippen LogP contribution in [0.4, 0.5) is 8.78 Å². The first-order chi connectivity index (χ1) is 5.65. The second-order valence-electron chi connectivity index (χ2n) is 2.50. The van der Waals surface area contributed by atoms with Crippen LogP contribution >= 0.6 is 0 Å². The van der Waals surface area contributed by atoms with Gasteiger partial charge in [0.15, 0.2) is 0 Å². The Morgan fingerprint density at radius 1 is 1.33 bits per heavy atom. The zero-order valence-corrected chi connectivity index (χ0v) is 6.60. The Labute approximate surface area is 68.9 Å². The molecule has 0 aromatic heterocycles. The van der Waals surface area contributed by atoms with E-state index in [2.05, 4.69) is 4.84 Å². The van der Waals surface area contributed by atoms with Crippen molar-refractivity contribution in [2.24, 2.45) is 5.90 Å². The predicted octanol–water partition coefficient (Wildman–Crippen LogP) is 1.66. The quantitative estimate of drug-likeness (QED) is 0.690. The summed E-state index contributed by atoms with van der Waals surface area (Å²) in [5, 5.41) is 0. The SMILES string of the molecule is Cc1c(F)cc(CON)cc1F. The lowest BCUT2D eigenvalue weighted by atomic mass is 10.1. The van der Waals surface area contributed by atoms with E-state index in [1.54, 1.807) is 0 Å². The van der Waals surface area contributed by atoms with E-state index in [9.17, 15) is 8.78 Å². The largest absolute Gasteiger partial charge is 0.300 e. The highest BCUT2D eigenvalue weighted by atomic mass is 19.1. The summed E-state index contributed by atoms with van der Waals surface area (Å²) in [5.74, 6) is 3.59. The Morgan fingerprint density at radius 2 is 1.83 bits per heavy atom. The monoisotopic (exact) mass is 173 g/mol. The lowest BCUT2D eigenvalue weighted by molar-refractivity contribution is 0.123. The molecule has 0 heterocycles. The van der Waals surface area contributed by atoms with Crippen LogP contribution < -0.4 is 5.90 Å². The fourth-order valence-corrected chi connectivity index (χ4v) is 0.877. The van der Waals surface area contributed by atoms with Crippen molar-refractivity contribution in [2.45, 2.75) is 13.5 Å². The van der Waals surface area contributed by atoms with Crippen molar-refractivity contribution in [3.05, 3.63) is 34.9 Å². The Kier molecular flexibility index (Phi) is 2.73. The minimum Gasteiger partial charge on any atom is -0.300 e. The molecule has 0 bridgehead atoms. The van der Waals surface area contributed by atoms with Crippen LogP contribution in [-0.2, 0) is 11.4 Å². The molecule has 2 nitrogen and oxygen atoms in total. The number of hydrogen-bond donors (Lipinski definition) is 1. The molecule has 0 spiro atoms. The second kappa shape index (κ2) is 3.60. The summed E-state index contributed by atoms with van der Waals surface area (Å²) in [6.07, 6.45) is 0. The molecule has 4 heteroatoms. The molecule has 0 saturated carbocycles. The van der Waals surface area contributed by atoms with Gasteiger partial charge in [0.05, 0.1) is 6.61 Å². The average molecular weight is 173 g/mol. The molecular weight excluding hydrogens is 164 g/mol. The van der Waals surface area contributed by atoms with Crippen LogP contribution in [0.25, 0.3) is 0 Å². The molecule has 12 heavy (non-hydrogen) atoms. The highest BCUT2D eigenvalue weighted by molar-refractivity contribution is 5.24. The number of benzene rings is 1. The minimum atomic E-state index is -0.581. The molecule has 2 N–H and O–H groups in total. The van der Waals surface area contributed by atoms with Crippen LogP contribution in [0.5, 0.6) is 0 Å². The van der Waals surface area contributed by atoms with Crippen LogP contribution in [0.2, 0.25) is 0 Å². The third-order valence-corrected chi connectivity index (χ3v) is 1.59. The number of halogens is 2. The summed E-state index contributed by atoms with van der Waals surface area (Å²) in [5.41, 5.74) is 0.397. The molecule has 0 unspecified atom stereocenters. The Morgan fingerprint density at radius 3 is 2.25 bits per heavy atom. The third kappa shape index (κ3) is 1.78. The van der Waals surface area contributed by atoms with Gasteiger partial charge in [-0.05, 0) is 24.6 Å². The van der Waals surface area contributed by atoms with E-state index < -0.39 is 11.6 Å². The minimum absolute atomic E-state index is 0.00806. The fraction of sp³-hybridized carbons (Fsp3) is 0.250. The highest BCUT2D eigenvalue weighted by Gasteiger charge is 2.05. The summed E-state index contributed by atoms with van der Waals surface area (Å²) in [6, 6.07) is 2.40. The zero-order chi connectivity index (χ0) is 9.14. The van der Waals surface area contributed by atoms with Crippen molar-refractivity contribution in [1.29, 1.82) is 0 Å². The lowest BCUT2D eigenvalue weighted by Gasteiger charge is -2.02. The number of nitrogens with two attached hydrogens (primary N) is 1. The second-order valence-corrected chi connectivity index (χ2v) is 2.50. The molecule has 66 valence electrons. The summed E-state index contributed by atoms with van der Waals surface area (Å²) < 4.78 is 25.7. The maximum Gasteiger partial charge on any atom is 0.129 e. The maximum atomic E-state index is 12.8. The van der Waals surface area contributed by atoms with Crippen molar-refractivity contribution in [1.82, 2.24) is 0 Å². The van der Waals surface area contributed by atoms with E-state index in [1.807, 2.05) is 0 Å². The van der Waals surface area contributed by atoms with Gasteiger partial charge in [-0.25, -0.2) is 14.7 Å². The smallest absolute Gasteiger partial charge is 0.129 e. The van der Waals surface area contributed by atoms with Gasteiger partial charge < -0.3 is 0 Å². The average Bonchev–Trinajstić information content (AvgIpc) is 2.01. The molecule has 0 aliphatic heterocycles. The summed E-state index contributed by atoms with van der Waals surface area (Å²) in [4.78, 5) is 4.24. The van der Waals surface area contributed by atoms with Crippen molar-refractivity contribution >= 4 is 0 Å². The molecule has 1 aromatic rings. The van der Waals surface area contributed by atoms with Crippen molar-refractivity contribution < 1.29 is 13.6 Å². The number of rotatable bonds is 2. The van der Waals surface area contributed by atoms with Gasteiger partial charge >= 0.3 is 0 Å². The standard InChI is InChI=1S/C8H9F2NO/c1-5-7(9)2-6(4-12-11)3-8(5)10/h2-3H,4,11H2,1H3. The first-order valence-electron chi connectivity index (χ1n) is 3.41. The Hall–Kier alpha value is -1.00. The molecule has 1 rings (SSSR count). The van der Waals surface area contributed by atoms with Crippen molar-refractivity contribution in [2.75, 3.05) is 0 Å². The molecule has 0 amide bonds. The van der Waals surface area contributed by atoms with Gasteiger partial charge in [0.1, 0.15) is 11.6 Å². The summed E-state index contributed by atoms with van der Waals surface area (Å²) in [7, 11) is 0. The molecule has 0 saturated heterocycles. The molecular formula is C8H9F2NO. The summed E-state index contributed by atoms with van der Waals surface area (Å²) >= 11 is 0. The van der Waals surface area contributed by atoms with Gasteiger partial charge in [-0.15, -0.1) is 0 Å². The van der Waals surface area contributed by atoms with Gasteiger partial charge in [0, 0.05) is 5.56 Å². The normalized spacial score (nSPS) is 10.3. The first-order valence-corrected chi connectivity index (χ1v) is 3.41. The van der Waals surface area contributed by atoms with Gasteiger partial charge in [-0.1, -0.05) is 0 Å².